The Balaban J connectivity index is 1.60. The van der Waals surface area contributed by atoms with Gasteiger partial charge in [0.05, 0.1) is 10.0 Å². The summed E-state index contributed by atoms with van der Waals surface area (Å²) >= 11 is 11.8. The van der Waals surface area contributed by atoms with Gasteiger partial charge in [0.25, 0.3) is 0 Å². The molecule has 0 saturated carbocycles. The van der Waals surface area contributed by atoms with Crippen molar-refractivity contribution in [3.8, 4) is 0 Å². The Hall–Kier alpha value is -2.66. The number of Topliss-reactive ketones (excluding diaryl/α,β-unsaturated/α-hetero) is 1. The van der Waals surface area contributed by atoms with Crippen molar-refractivity contribution in [2.24, 2.45) is 0 Å². The van der Waals surface area contributed by atoms with E-state index in [1.165, 1.54) is 6.07 Å². The predicted molar refractivity (Wildman–Crippen MR) is 118 cm³/mol. The zero-order valence-electron chi connectivity index (χ0n) is 16.3. The zero-order valence-corrected chi connectivity index (χ0v) is 17.8. The molecule has 0 aromatic heterocycles. The molecule has 0 aliphatic heterocycles. The molecule has 0 aliphatic rings. The van der Waals surface area contributed by atoms with Crippen molar-refractivity contribution in [2.75, 3.05) is 13.2 Å². The smallest absolute Gasteiger partial charge is 0.362 e. The molecule has 0 radical (unpaired) electrons. The number of ketones is 1. The highest BCUT2D eigenvalue weighted by molar-refractivity contribution is 6.42. The number of halogens is 2. The highest BCUT2D eigenvalue weighted by Crippen LogP contribution is 2.22. The Bertz CT molecular complexity index is 952. The van der Waals surface area contributed by atoms with Crippen LogP contribution >= 0.6 is 23.2 Å². The van der Waals surface area contributed by atoms with Gasteiger partial charge in [-0.15, -0.1) is 0 Å². The van der Waals surface area contributed by atoms with Crippen molar-refractivity contribution in [1.82, 2.24) is 0 Å². The lowest BCUT2D eigenvalue weighted by molar-refractivity contribution is -0.920. The minimum Gasteiger partial charge on any atom is -0.453 e. The number of quaternary nitrogens is 1. The molecule has 0 fully saturated rings. The maximum Gasteiger partial charge on any atom is 0.362 e. The lowest BCUT2D eigenvalue weighted by Crippen LogP contribution is -3.10. The van der Waals surface area contributed by atoms with Crippen LogP contribution in [0.1, 0.15) is 21.5 Å². The average Bonchev–Trinajstić information content (AvgIpc) is 2.75. The molecule has 0 aliphatic carbocycles. The van der Waals surface area contributed by atoms with E-state index in [2.05, 4.69) is 0 Å². The molecule has 3 rings (SSSR count). The van der Waals surface area contributed by atoms with Crippen molar-refractivity contribution in [3.63, 3.8) is 0 Å². The summed E-state index contributed by atoms with van der Waals surface area (Å²) in [5.41, 5.74) is 2.61. The Morgan fingerprint density at radius 2 is 1.33 bits per heavy atom. The van der Waals surface area contributed by atoms with Crippen LogP contribution in [0.4, 0.5) is 0 Å². The van der Waals surface area contributed by atoms with E-state index < -0.39 is 5.97 Å². The second-order valence-corrected chi connectivity index (χ2v) is 7.78. The Labute approximate surface area is 186 Å². The third-order valence-corrected chi connectivity index (χ3v) is 5.33. The van der Waals surface area contributed by atoms with Gasteiger partial charge in [0.15, 0.2) is 18.9 Å². The van der Waals surface area contributed by atoms with Crippen LogP contribution in [0.25, 0.3) is 0 Å². The lowest BCUT2D eigenvalue weighted by Gasteiger charge is -2.19. The van der Waals surface area contributed by atoms with Gasteiger partial charge in [0, 0.05) is 16.7 Å². The maximum atomic E-state index is 12.4. The number of ether oxygens (including phenoxy) is 1. The van der Waals surface area contributed by atoms with Gasteiger partial charge in [-0.1, -0.05) is 83.9 Å². The van der Waals surface area contributed by atoms with Crippen LogP contribution in [0, 0.1) is 0 Å². The van der Waals surface area contributed by atoms with Gasteiger partial charge < -0.3 is 9.64 Å². The quantitative estimate of drug-likeness (QED) is 0.402. The molecule has 0 bridgehead atoms. The minimum atomic E-state index is -0.426. The van der Waals surface area contributed by atoms with Crippen LogP contribution in [0.15, 0.2) is 78.9 Å². The van der Waals surface area contributed by atoms with E-state index >= 15 is 0 Å². The van der Waals surface area contributed by atoms with Crippen LogP contribution in [0.2, 0.25) is 10.0 Å². The fourth-order valence-electron chi connectivity index (χ4n) is 3.11. The van der Waals surface area contributed by atoms with E-state index in [-0.39, 0.29) is 24.0 Å². The van der Waals surface area contributed by atoms with Gasteiger partial charge in [0.1, 0.15) is 13.1 Å². The molecule has 0 amide bonds. The van der Waals surface area contributed by atoms with Crippen molar-refractivity contribution in [3.05, 3.63) is 106 Å². The fraction of sp³-hybridized carbons (Fsp3) is 0.167. The monoisotopic (exact) mass is 442 g/mol. The first-order valence-corrected chi connectivity index (χ1v) is 10.3. The van der Waals surface area contributed by atoms with E-state index in [4.69, 9.17) is 27.9 Å². The van der Waals surface area contributed by atoms with Crippen LogP contribution in [0.3, 0.4) is 0 Å². The summed E-state index contributed by atoms with van der Waals surface area (Å²) in [6, 6.07) is 24.5. The van der Waals surface area contributed by atoms with E-state index in [1.807, 2.05) is 60.7 Å². The molecule has 0 heterocycles. The average molecular weight is 443 g/mol. The van der Waals surface area contributed by atoms with Crippen molar-refractivity contribution in [1.29, 1.82) is 0 Å². The molecular formula is C24H22Cl2NO3+. The van der Waals surface area contributed by atoms with Crippen LogP contribution in [-0.4, -0.2) is 24.9 Å². The molecule has 0 saturated heterocycles. The van der Waals surface area contributed by atoms with Gasteiger partial charge in [-0.05, 0) is 18.2 Å². The summed E-state index contributed by atoms with van der Waals surface area (Å²) in [5, 5.41) is 0.654. The predicted octanol–water partition coefficient (Wildman–Crippen LogP) is 4.00. The number of carbonyl (C=O) groups excluding carboxylic acids is 2. The van der Waals surface area contributed by atoms with E-state index in [1.54, 1.807) is 12.1 Å². The molecule has 1 N–H and O–H groups in total. The first kappa shape index (κ1) is 22.0. The number of benzene rings is 3. The lowest BCUT2D eigenvalue weighted by atomic mass is 10.1. The minimum absolute atomic E-state index is 0.151. The number of rotatable bonds is 9. The SMILES string of the molecule is O=C(C[NH+](Cc1ccccc1)Cc1ccccc1)OCC(=O)c1ccc(Cl)c(Cl)c1. The first-order chi connectivity index (χ1) is 14.5. The highest BCUT2D eigenvalue weighted by Gasteiger charge is 2.18. The summed E-state index contributed by atoms with van der Waals surface area (Å²) in [4.78, 5) is 25.8. The largest absolute Gasteiger partial charge is 0.453 e. The third-order valence-electron chi connectivity index (χ3n) is 4.59. The Morgan fingerprint density at radius 1 is 0.767 bits per heavy atom. The second-order valence-electron chi connectivity index (χ2n) is 6.96. The molecule has 4 nitrogen and oxygen atoms in total. The Morgan fingerprint density at radius 3 is 1.87 bits per heavy atom. The van der Waals surface area contributed by atoms with Crippen LogP contribution < -0.4 is 4.90 Å². The highest BCUT2D eigenvalue weighted by atomic mass is 35.5. The Kier molecular flexibility index (Phi) is 8.03. The maximum absolute atomic E-state index is 12.4. The molecule has 0 spiro atoms. The molecule has 3 aromatic carbocycles. The molecule has 154 valence electrons. The number of nitrogens with one attached hydrogen (secondary N) is 1. The molecule has 3 aromatic rings. The molecular weight excluding hydrogens is 421 g/mol. The summed E-state index contributed by atoms with van der Waals surface area (Å²) in [5.74, 6) is -0.750. The van der Waals surface area contributed by atoms with Crippen LogP contribution in [-0.2, 0) is 22.6 Å². The number of hydrogen-bond acceptors (Lipinski definition) is 3. The van der Waals surface area contributed by atoms with E-state index in [0.717, 1.165) is 16.0 Å². The second kappa shape index (κ2) is 10.9. The first-order valence-electron chi connectivity index (χ1n) is 9.56. The standard InChI is InChI=1S/C24H21Cl2NO3/c25-21-12-11-20(13-22(21)26)23(28)17-30-24(29)16-27(14-18-7-3-1-4-8-18)15-19-9-5-2-6-10-19/h1-13H,14-17H2/p+1. The zero-order chi connectivity index (χ0) is 21.3. The fourth-order valence-corrected chi connectivity index (χ4v) is 3.41. The number of hydrogen-bond donors (Lipinski definition) is 1. The van der Waals surface area contributed by atoms with E-state index in [9.17, 15) is 9.59 Å². The molecule has 0 unspecified atom stereocenters. The van der Waals surface area contributed by atoms with Gasteiger partial charge in [-0.25, -0.2) is 4.79 Å². The molecule has 30 heavy (non-hydrogen) atoms. The summed E-state index contributed by atoms with van der Waals surface area (Å²) in [6.45, 7) is 1.16. The van der Waals surface area contributed by atoms with Crippen molar-refractivity contribution < 1.29 is 19.2 Å². The van der Waals surface area contributed by atoms with Crippen molar-refractivity contribution in [2.45, 2.75) is 13.1 Å². The molecule has 6 heteroatoms. The van der Waals surface area contributed by atoms with Crippen molar-refractivity contribution >= 4 is 35.0 Å². The van der Waals surface area contributed by atoms with Gasteiger partial charge in [-0.2, -0.15) is 0 Å². The molecule has 0 atom stereocenters. The summed E-state index contributed by atoms with van der Waals surface area (Å²) in [7, 11) is 0. The third kappa shape index (κ3) is 6.70. The van der Waals surface area contributed by atoms with Gasteiger partial charge in [0.2, 0.25) is 0 Å². The van der Waals surface area contributed by atoms with E-state index in [0.29, 0.717) is 23.7 Å². The normalized spacial score (nSPS) is 10.8. The number of esters is 1. The topological polar surface area (TPSA) is 47.8 Å². The van der Waals surface area contributed by atoms with Gasteiger partial charge >= 0.3 is 5.97 Å². The number of carbonyl (C=O) groups is 2. The summed E-state index contributed by atoms with van der Waals surface area (Å²) < 4.78 is 5.25. The van der Waals surface area contributed by atoms with Gasteiger partial charge in [-0.3, -0.25) is 4.79 Å². The summed E-state index contributed by atoms with van der Waals surface area (Å²) in [6.07, 6.45) is 0. The van der Waals surface area contributed by atoms with Crippen LogP contribution in [0.5, 0.6) is 0 Å².